The maximum Gasteiger partial charge on any atom is 0.338 e. The molecule has 0 aliphatic carbocycles. The zero-order valence-electron chi connectivity index (χ0n) is 15.2. The lowest BCUT2D eigenvalue weighted by molar-refractivity contribution is -0.128. The number of likely N-dealkylation sites (tertiary alicyclic amines) is 1. The number of esters is 1. The van der Waals surface area contributed by atoms with E-state index >= 15 is 0 Å². The number of hydrogen-bond donors (Lipinski definition) is 0. The van der Waals surface area contributed by atoms with Gasteiger partial charge in [0.2, 0.25) is 5.91 Å². The van der Waals surface area contributed by atoms with Crippen LogP contribution in [-0.2, 0) is 22.7 Å². The third kappa shape index (κ3) is 4.23. The highest BCUT2D eigenvalue weighted by Gasteiger charge is 2.20. The van der Waals surface area contributed by atoms with Crippen LogP contribution in [0.4, 0.5) is 0 Å². The van der Waals surface area contributed by atoms with Crippen molar-refractivity contribution in [1.29, 1.82) is 0 Å². The number of ether oxygens (including phenoxy) is 2. The van der Waals surface area contributed by atoms with Gasteiger partial charge in [0.05, 0.1) is 12.7 Å². The summed E-state index contributed by atoms with van der Waals surface area (Å²) in [6.45, 7) is 3.54. The van der Waals surface area contributed by atoms with Crippen LogP contribution >= 0.6 is 0 Å². The van der Waals surface area contributed by atoms with Crippen molar-refractivity contribution >= 4 is 11.9 Å². The van der Waals surface area contributed by atoms with Crippen molar-refractivity contribution in [2.45, 2.75) is 32.9 Å². The normalized spacial score (nSPS) is 13.8. The predicted molar refractivity (Wildman–Crippen MR) is 97.9 cm³/mol. The van der Waals surface area contributed by atoms with Gasteiger partial charge >= 0.3 is 5.97 Å². The van der Waals surface area contributed by atoms with Crippen molar-refractivity contribution in [1.82, 2.24) is 4.90 Å². The molecule has 1 saturated heterocycles. The van der Waals surface area contributed by atoms with Crippen LogP contribution < -0.4 is 4.74 Å². The summed E-state index contributed by atoms with van der Waals surface area (Å²) in [7, 11) is 1.60. The molecule has 1 fully saturated rings. The number of benzene rings is 2. The van der Waals surface area contributed by atoms with Crippen molar-refractivity contribution in [3.8, 4) is 5.75 Å². The van der Waals surface area contributed by atoms with Crippen LogP contribution in [0.1, 0.15) is 39.9 Å². The van der Waals surface area contributed by atoms with E-state index in [2.05, 4.69) is 0 Å². The third-order valence-electron chi connectivity index (χ3n) is 4.53. The van der Waals surface area contributed by atoms with Gasteiger partial charge in [-0.3, -0.25) is 4.79 Å². The van der Waals surface area contributed by atoms with Gasteiger partial charge in [-0.25, -0.2) is 4.79 Å². The largest absolute Gasteiger partial charge is 0.496 e. The first kappa shape index (κ1) is 18.0. The summed E-state index contributed by atoms with van der Waals surface area (Å²) in [4.78, 5) is 25.8. The van der Waals surface area contributed by atoms with Crippen LogP contribution in [-0.4, -0.2) is 30.4 Å². The Labute approximate surface area is 153 Å². The highest BCUT2D eigenvalue weighted by molar-refractivity contribution is 5.89. The molecule has 0 N–H and O–H groups in total. The van der Waals surface area contributed by atoms with Crippen LogP contribution in [0.2, 0.25) is 0 Å². The van der Waals surface area contributed by atoms with E-state index in [-0.39, 0.29) is 18.5 Å². The Bertz CT molecular complexity index is 798. The molecule has 1 heterocycles. The number of nitrogens with zero attached hydrogens (tertiary/aromatic N) is 1. The lowest BCUT2D eigenvalue weighted by Crippen LogP contribution is -2.23. The Kier molecular flexibility index (Phi) is 5.56. The van der Waals surface area contributed by atoms with Crippen molar-refractivity contribution in [3.05, 3.63) is 64.7 Å². The fourth-order valence-electron chi connectivity index (χ4n) is 3.08. The molecule has 0 spiro atoms. The van der Waals surface area contributed by atoms with Gasteiger partial charge in [-0.15, -0.1) is 0 Å². The van der Waals surface area contributed by atoms with E-state index in [4.69, 9.17) is 9.47 Å². The molecule has 1 aliphatic heterocycles. The Hall–Kier alpha value is -2.82. The molecule has 26 heavy (non-hydrogen) atoms. The van der Waals surface area contributed by atoms with E-state index in [0.29, 0.717) is 24.3 Å². The zero-order valence-corrected chi connectivity index (χ0v) is 15.2. The summed E-state index contributed by atoms with van der Waals surface area (Å²) in [5.41, 5.74) is 3.42. The lowest BCUT2D eigenvalue weighted by atomic mass is 10.1. The van der Waals surface area contributed by atoms with Crippen LogP contribution in [0.5, 0.6) is 5.75 Å². The van der Waals surface area contributed by atoms with E-state index in [1.807, 2.05) is 42.2 Å². The van der Waals surface area contributed by atoms with E-state index in [1.54, 1.807) is 19.2 Å². The molecule has 1 amide bonds. The van der Waals surface area contributed by atoms with Crippen LogP contribution in [0.25, 0.3) is 0 Å². The molecule has 0 bridgehead atoms. The number of methoxy groups -OCH3 is 1. The molecule has 2 aromatic rings. The van der Waals surface area contributed by atoms with Crippen molar-refractivity contribution < 1.29 is 19.1 Å². The molecule has 0 atom stereocenters. The summed E-state index contributed by atoms with van der Waals surface area (Å²) in [6.07, 6.45) is 1.55. The molecule has 2 aromatic carbocycles. The summed E-state index contributed by atoms with van der Waals surface area (Å²) in [5, 5.41) is 0. The Morgan fingerprint density at radius 2 is 1.92 bits per heavy atom. The molecule has 3 rings (SSSR count). The van der Waals surface area contributed by atoms with Crippen molar-refractivity contribution in [2.75, 3.05) is 13.7 Å². The number of amides is 1. The van der Waals surface area contributed by atoms with E-state index in [1.165, 1.54) is 0 Å². The second kappa shape index (κ2) is 8.04. The number of carbonyl (C=O) groups is 2. The van der Waals surface area contributed by atoms with Crippen molar-refractivity contribution in [2.24, 2.45) is 0 Å². The second-order valence-corrected chi connectivity index (χ2v) is 6.51. The predicted octanol–water partition coefficient (Wildman–Crippen LogP) is 3.48. The Morgan fingerprint density at radius 3 is 2.58 bits per heavy atom. The molecule has 0 radical (unpaired) electrons. The highest BCUT2D eigenvalue weighted by Crippen LogP contribution is 2.21. The Balaban J connectivity index is 1.60. The summed E-state index contributed by atoms with van der Waals surface area (Å²) in [6, 6.07) is 13.0. The Morgan fingerprint density at radius 1 is 1.15 bits per heavy atom. The molecule has 1 aliphatic rings. The molecular formula is C21H23NO4. The average molecular weight is 353 g/mol. The average Bonchev–Trinajstić information content (AvgIpc) is 3.05. The van der Waals surface area contributed by atoms with Crippen LogP contribution in [0.15, 0.2) is 42.5 Å². The van der Waals surface area contributed by atoms with Gasteiger partial charge in [0, 0.05) is 25.1 Å². The monoisotopic (exact) mass is 353 g/mol. The standard InChI is InChI=1S/C21H23NO4/c1-15-5-10-19(25-2)18(12-15)14-26-21(24)17-8-6-16(7-9-17)13-22-11-3-4-20(22)23/h5-10,12H,3-4,11,13-14H2,1-2H3. The van der Waals surface area contributed by atoms with Gasteiger partial charge in [0.25, 0.3) is 0 Å². The van der Waals surface area contributed by atoms with E-state index in [0.717, 1.165) is 29.7 Å². The first-order valence-electron chi connectivity index (χ1n) is 8.74. The molecule has 5 nitrogen and oxygen atoms in total. The fraction of sp³-hybridized carbons (Fsp3) is 0.333. The van der Waals surface area contributed by atoms with Gasteiger partial charge in [0.1, 0.15) is 12.4 Å². The second-order valence-electron chi connectivity index (χ2n) is 6.51. The minimum absolute atomic E-state index is 0.160. The minimum Gasteiger partial charge on any atom is -0.496 e. The first-order chi connectivity index (χ1) is 12.6. The number of hydrogen-bond acceptors (Lipinski definition) is 4. The molecule has 0 unspecified atom stereocenters. The SMILES string of the molecule is COc1ccc(C)cc1COC(=O)c1ccc(CN2CCCC2=O)cc1. The smallest absolute Gasteiger partial charge is 0.338 e. The van der Waals surface area contributed by atoms with Crippen LogP contribution in [0.3, 0.4) is 0 Å². The zero-order chi connectivity index (χ0) is 18.5. The molecule has 0 saturated carbocycles. The van der Waals surface area contributed by atoms with Crippen molar-refractivity contribution in [3.63, 3.8) is 0 Å². The van der Waals surface area contributed by atoms with Gasteiger partial charge < -0.3 is 14.4 Å². The first-order valence-corrected chi connectivity index (χ1v) is 8.74. The highest BCUT2D eigenvalue weighted by atomic mass is 16.5. The van der Waals surface area contributed by atoms with Crippen LogP contribution in [0, 0.1) is 6.92 Å². The minimum atomic E-state index is -0.377. The summed E-state index contributed by atoms with van der Waals surface area (Å²) in [5.74, 6) is 0.520. The number of rotatable bonds is 6. The lowest BCUT2D eigenvalue weighted by Gasteiger charge is -2.15. The van der Waals surface area contributed by atoms with Gasteiger partial charge in [-0.05, 0) is 43.2 Å². The number of carbonyl (C=O) groups excluding carboxylic acids is 2. The maximum absolute atomic E-state index is 12.3. The molecule has 136 valence electrons. The van der Waals surface area contributed by atoms with Gasteiger partial charge in [0.15, 0.2) is 0 Å². The molecule has 5 heteroatoms. The quantitative estimate of drug-likeness (QED) is 0.746. The molecule has 0 aromatic heterocycles. The number of aryl methyl sites for hydroxylation is 1. The fourth-order valence-corrected chi connectivity index (χ4v) is 3.08. The van der Waals surface area contributed by atoms with E-state index in [9.17, 15) is 9.59 Å². The van der Waals surface area contributed by atoms with E-state index < -0.39 is 0 Å². The molecular weight excluding hydrogens is 330 g/mol. The topological polar surface area (TPSA) is 55.8 Å². The van der Waals surface area contributed by atoms with Gasteiger partial charge in [-0.1, -0.05) is 23.8 Å². The summed E-state index contributed by atoms with van der Waals surface area (Å²) < 4.78 is 10.7. The third-order valence-corrected chi connectivity index (χ3v) is 4.53. The van der Waals surface area contributed by atoms with Gasteiger partial charge in [-0.2, -0.15) is 0 Å². The summed E-state index contributed by atoms with van der Waals surface area (Å²) >= 11 is 0. The maximum atomic E-state index is 12.3.